The maximum absolute atomic E-state index is 12.4. The zero-order valence-corrected chi connectivity index (χ0v) is 9.78. The van der Waals surface area contributed by atoms with Crippen molar-refractivity contribution in [3.8, 4) is 0 Å². The average molecular weight is 221 g/mol. The number of nitrogens with zero attached hydrogens (tertiary/aromatic N) is 2. The first-order valence-corrected chi connectivity index (χ1v) is 5.99. The van der Waals surface area contributed by atoms with E-state index in [1.165, 1.54) is 0 Å². The second kappa shape index (κ2) is 4.37. The quantitative estimate of drug-likeness (QED) is 0.786. The molecule has 4 nitrogen and oxygen atoms in total. The number of hydrogen-bond donors (Lipinski definition) is 1. The number of nitrogens with two attached hydrogens (primary N) is 1. The molecule has 0 atom stereocenters. The minimum Gasteiger partial charge on any atom is -0.329 e. The lowest BCUT2D eigenvalue weighted by atomic mass is 9.79. The third kappa shape index (κ3) is 1.78. The van der Waals surface area contributed by atoms with Crippen molar-refractivity contribution in [3.05, 3.63) is 18.0 Å². The summed E-state index contributed by atoms with van der Waals surface area (Å²) in [5, 5.41) is 4.15. The third-order valence-corrected chi connectivity index (χ3v) is 3.65. The van der Waals surface area contributed by atoms with Gasteiger partial charge in [-0.25, -0.2) is 0 Å². The first-order chi connectivity index (χ1) is 7.72. The molecule has 1 aliphatic rings. The molecule has 0 amide bonds. The van der Waals surface area contributed by atoms with Crippen LogP contribution in [0.4, 0.5) is 0 Å². The van der Waals surface area contributed by atoms with E-state index in [1.807, 2.05) is 13.1 Å². The predicted octanol–water partition coefficient (Wildman–Crippen LogP) is 1.60. The molecule has 1 aliphatic carbocycles. The van der Waals surface area contributed by atoms with Crippen LogP contribution in [-0.2, 0) is 6.54 Å². The van der Waals surface area contributed by atoms with Crippen LogP contribution < -0.4 is 5.73 Å². The Morgan fingerprint density at radius 1 is 1.56 bits per heavy atom. The van der Waals surface area contributed by atoms with Gasteiger partial charge in [0.15, 0.2) is 5.78 Å². The van der Waals surface area contributed by atoms with Crippen LogP contribution in [0, 0.1) is 5.41 Å². The maximum atomic E-state index is 12.4. The van der Waals surface area contributed by atoms with Crippen LogP contribution in [0.1, 0.15) is 43.0 Å². The van der Waals surface area contributed by atoms with E-state index in [0.717, 1.165) is 32.2 Å². The second-order valence-electron chi connectivity index (χ2n) is 4.61. The predicted molar refractivity (Wildman–Crippen MR) is 62.2 cm³/mol. The summed E-state index contributed by atoms with van der Waals surface area (Å²) in [4.78, 5) is 12.4. The van der Waals surface area contributed by atoms with Gasteiger partial charge in [-0.05, 0) is 19.8 Å². The first kappa shape index (κ1) is 11.3. The highest BCUT2D eigenvalue weighted by Gasteiger charge is 2.40. The number of carbonyl (C=O) groups excluding carboxylic acids is 1. The lowest BCUT2D eigenvalue weighted by molar-refractivity contribution is 0.0810. The minimum atomic E-state index is -0.304. The van der Waals surface area contributed by atoms with Gasteiger partial charge in [-0.3, -0.25) is 9.48 Å². The molecule has 2 rings (SSSR count). The molecule has 0 aliphatic heterocycles. The van der Waals surface area contributed by atoms with Gasteiger partial charge in [-0.15, -0.1) is 0 Å². The lowest BCUT2D eigenvalue weighted by Crippen LogP contribution is -2.35. The van der Waals surface area contributed by atoms with Gasteiger partial charge in [0.2, 0.25) is 0 Å². The van der Waals surface area contributed by atoms with Gasteiger partial charge in [-0.2, -0.15) is 5.10 Å². The monoisotopic (exact) mass is 221 g/mol. The van der Waals surface area contributed by atoms with E-state index in [9.17, 15) is 4.79 Å². The number of ketones is 1. The molecular weight excluding hydrogens is 202 g/mol. The van der Waals surface area contributed by atoms with Crippen molar-refractivity contribution < 1.29 is 4.79 Å². The van der Waals surface area contributed by atoms with Crippen molar-refractivity contribution in [1.82, 2.24) is 9.78 Å². The zero-order valence-electron chi connectivity index (χ0n) is 9.78. The topological polar surface area (TPSA) is 60.9 Å². The normalized spacial score (nSPS) is 18.9. The number of carbonyl (C=O) groups is 1. The fourth-order valence-corrected chi connectivity index (χ4v) is 2.54. The Bertz CT molecular complexity index is 377. The van der Waals surface area contributed by atoms with E-state index in [4.69, 9.17) is 5.73 Å². The maximum Gasteiger partial charge on any atom is 0.173 e. The van der Waals surface area contributed by atoms with Gasteiger partial charge in [0.05, 0.1) is 11.8 Å². The van der Waals surface area contributed by atoms with Crippen LogP contribution in [0.15, 0.2) is 12.4 Å². The highest BCUT2D eigenvalue weighted by atomic mass is 16.1. The lowest BCUT2D eigenvalue weighted by Gasteiger charge is -2.24. The first-order valence-electron chi connectivity index (χ1n) is 5.99. The Labute approximate surface area is 95.8 Å². The summed E-state index contributed by atoms with van der Waals surface area (Å²) < 4.78 is 1.78. The molecule has 16 heavy (non-hydrogen) atoms. The summed E-state index contributed by atoms with van der Waals surface area (Å²) in [6.45, 7) is 3.27. The Kier molecular flexibility index (Phi) is 3.10. The van der Waals surface area contributed by atoms with Crippen LogP contribution in [0.5, 0.6) is 0 Å². The number of aromatic nitrogens is 2. The molecule has 0 saturated heterocycles. The van der Waals surface area contributed by atoms with Crippen LogP contribution in [-0.4, -0.2) is 22.1 Å². The number of rotatable bonds is 4. The van der Waals surface area contributed by atoms with Gasteiger partial charge in [0.1, 0.15) is 0 Å². The Balaban J connectivity index is 2.23. The number of hydrogen-bond acceptors (Lipinski definition) is 3. The van der Waals surface area contributed by atoms with Crippen LogP contribution in [0.3, 0.4) is 0 Å². The van der Waals surface area contributed by atoms with Crippen molar-refractivity contribution >= 4 is 5.78 Å². The summed E-state index contributed by atoms with van der Waals surface area (Å²) >= 11 is 0. The fourth-order valence-electron chi connectivity index (χ4n) is 2.54. The summed E-state index contributed by atoms with van der Waals surface area (Å²) in [7, 11) is 0. The van der Waals surface area contributed by atoms with E-state index in [2.05, 4.69) is 5.10 Å². The average Bonchev–Trinajstić information content (AvgIpc) is 2.98. The highest BCUT2D eigenvalue weighted by molar-refractivity contribution is 6.00. The van der Waals surface area contributed by atoms with E-state index >= 15 is 0 Å². The molecule has 0 spiro atoms. The second-order valence-corrected chi connectivity index (χ2v) is 4.61. The summed E-state index contributed by atoms with van der Waals surface area (Å²) in [5.41, 5.74) is 6.21. The SMILES string of the molecule is CCn1cc(C(=O)C2(CN)CCCC2)cn1. The standard InChI is InChI=1S/C12H19N3O/c1-2-15-8-10(7-14-15)11(16)12(9-13)5-3-4-6-12/h7-8H,2-6,9,13H2,1H3. The van der Waals surface area contributed by atoms with Crippen molar-refractivity contribution in [3.63, 3.8) is 0 Å². The fraction of sp³-hybridized carbons (Fsp3) is 0.667. The van der Waals surface area contributed by atoms with E-state index in [1.54, 1.807) is 10.9 Å². The van der Waals surface area contributed by atoms with Gasteiger partial charge in [0.25, 0.3) is 0 Å². The molecule has 1 saturated carbocycles. The number of Topliss-reactive ketones (excluding diaryl/α,β-unsaturated/α-hetero) is 1. The van der Waals surface area contributed by atoms with E-state index in [0.29, 0.717) is 12.1 Å². The molecule has 0 bridgehead atoms. The van der Waals surface area contributed by atoms with Crippen molar-refractivity contribution in [1.29, 1.82) is 0 Å². The summed E-state index contributed by atoms with van der Waals surface area (Å²) in [6.07, 6.45) is 7.59. The van der Waals surface area contributed by atoms with Gasteiger partial charge < -0.3 is 5.73 Å². The van der Waals surface area contributed by atoms with Gasteiger partial charge in [0, 0.05) is 24.7 Å². The molecule has 1 aromatic rings. The van der Waals surface area contributed by atoms with Crippen molar-refractivity contribution in [2.75, 3.05) is 6.54 Å². The van der Waals surface area contributed by atoms with Crippen molar-refractivity contribution in [2.45, 2.75) is 39.2 Å². The van der Waals surface area contributed by atoms with E-state index in [-0.39, 0.29) is 11.2 Å². The van der Waals surface area contributed by atoms with Gasteiger partial charge in [-0.1, -0.05) is 12.8 Å². The molecule has 88 valence electrons. The molecular formula is C12H19N3O. The van der Waals surface area contributed by atoms with Gasteiger partial charge >= 0.3 is 0 Å². The zero-order chi connectivity index (χ0) is 11.6. The molecule has 1 heterocycles. The van der Waals surface area contributed by atoms with Crippen LogP contribution >= 0.6 is 0 Å². The highest BCUT2D eigenvalue weighted by Crippen LogP contribution is 2.39. The molecule has 0 unspecified atom stereocenters. The minimum absolute atomic E-state index is 0.187. The number of aryl methyl sites for hydroxylation is 1. The Morgan fingerprint density at radius 3 is 2.75 bits per heavy atom. The molecule has 4 heteroatoms. The smallest absolute Gasteiger partial charge is 0.173 e. The Hall–Kier alpha value is -1.16. The largest absolute Gasteiger partial charge is 0.329 e. The summed E-state index contributed by atoms with van der Waals surface area (Å²) in [5.74, 6) is 0.187. The molecule has 2 N–H and O–H groups in total. The molecule has 1 aromatic heterocycles. The third-order valence-electron chi connectivity index (χ3n) is 3.65. The summed E-state index contributed by atoms with van der Waals surface area (Å²) in [6, 6.07) is 0. The van der Waals surface area contributed by atoms with Crippen LogP contribution in [0.2, 0.25) is 0 Å². The molecule has 0 radical (unpaired) electrons. The molecule has 0 aromatic carbocycles. The molecule has 1 fully saturated rings. The van der Waals surface area contributed by atoms with Crippen molar-refractivity contribution in [2.24, 2.45) is 11.1 Å². The van der Waals surface area contributed by atoms with E-state index < -0.39 is 0 Å². The van der Waals surface area contributed by atoms with Crippen LogP contribution in [0.25, 0.3) is 0 Å². The Morgan fingerprint density at radius 2 is 2.25 bits per heavy atom.